The van der Waals surface area contributed by atoms with Crippen LogP contribution in [0.2, 0.25) is 10.0 Å². The second-order valence-electron chi connectivity index (χ2n) is 5.88. The molecule has 0 aliphatic carbocycles. The molecule has 0 bridgehead atoms. The summed E-state index contributed by atoms with van der Waals surface area (Å²) in [6.07, 6.45) is 2.21. The highest BCUT2D eigenvalue weighted by molar-refractivity contribution is 6.41. The molecule has 1 fully saturated rings. The molecule has 5 nitrogen and oxygen atoms in total. The second-order valence-corrected chi connectivity index (χ2v) is 6.66. The Labute approximate surface area is 149 Å². The average molecular weight is 366 g/mol. The van der Waals surface area contributed by atoms with Crippen LogP contribution in [0, 0.1) is 0 Å². The molecule has 1 aromatic heterocycles. The van der Waals surface area contributed by atoms with Crippen molar-refractivity contribution in [3.05, 3.63) is 62.5 Å². The highest BCUT2D eigenvalue weighted by Gasteiger charge is 2.31. The molecule has 2 atom stereocenters. The number of likely N-dealkylation sites (tertiary alicyclic amines) is 1. The van der Waals surface area contributed by atoms with Gasteiger partial charge in [0.25, 0.3) is 5.56 Å². The van der Waals surface area contributed by atoms with Gasteiger partial charge in [0.15, 0.2) is 0 Å². The topological polar surface area (TPSA) is 55.2 Å². The molecule has 1 amide bonds. The van der Waals surface area contributed by atoms with Gasteiger partial charge in [-0.25, -0.2) is 4.68 Å². The van der Waals surface area contributed by atoms with Crippen LogP contribution in [-0.2, 0) is 4.79 Å². The van der Waals surface area contributed by atoms with E-state index in [-0.39, 0.29) is 34.5 Å². The van der Waals surface area contributed by atoms with Crippen LogP contribution in [0.4, 0.5) is 0 Å². The lowest BCUT2D eigenvalue weighted by atomic mass is 9.99. The maximum absolute atomic E-state index is 12.6. The fraction of sp³-hybridized carbons (Fsp3) is 0.353. The molecule has 2 heterocycles. The molecule has 1 saturated heterocycles. The van der Waals surface area contributed by atoms with Crippen molar-refractivity contribution in [3.63, 3.8) is 0 Å². The Balaban J connectivity index is 1.78. The van der Waals surface area contributed by atoms with Gasteiger partial charge >= 0.3 is 0 Å². The summed E-state index contributed by atoms with van der Waals surface area (Å²) in [5.74, 6) is 0.00220. The number of carbonyl (C=O) groups excluding carboxylic acids is 1. The standard InChI is InChI=1S/C17H17Cl2N3O2/c1-11(12-5-3-2-4-6-12)21-8-7-13(9-15(21)23)22-17(24)16(19)14(18)10-20-22/h2-6,10-11,13H,7-9H2,1H3/t11-,13?/m0/s1. The largest absolute Gasteiger partial charge is 0.336 e. The molecular formula is C17H17Cl2N3O2. The van der Waals surface area contributed by atoms with Gasteiger partial charge in [-0.05, 0) is 18.9 Å². The van der Waals surface area contributed by atoms with Crippen LogP contribution < -0.4 is 5.56 Å². The smallest absolute Gasteiger partial charge is 0.287 e. The van der Waals surface area contributed by atoms with Crippen molar-refractivity contribution < 1.29 is 4.79 Å². The van der Waals surface area contributed by atoms with E-state index in [1.165, 1.54) is 10.9 Å². The highest BCUT2D eigenvalue weighted by atomic mass is 35.5. The summed E-state index contributed by atoms with van der Waals surface area (Å²) >= 11 is 11.7. The minimum Gasteiger partial charge on any atom is -0.336 e. The number of aromatic nitrogens is 2. The van der Waals surface area contributed by atoms with E-state index in [1.807, 2.05) is 42.2 Å². The first-order chi connectivity index (χ1) is 11.5. The van der Waals surface area contributed by atoms with Crippen LogP contribution in [0.25, 0.3) is 0 Å². The Morgan fingerprint density at radius 1 is 1.21 bits per heavy atom. The zero-order valence-electron chi connectivity index (χ0n) is 13.2. The van der Waals surface area contributed by atoms with Crippen LogP contribution in [0.1, 0.15) is 37.4 Å². The summed E-state index contributed by atoms with van der Waals surface area (Å²) in [5.41, 5.74) is 0.639. The van der Waals surface area contributed by atoms with Crippen molar-refractivity contribution in [2.24, 2.45) is 0 Å². The molecule has 126 valence electrons. The maximum Gasteiger partial charge on any atom is 0.287 e. The van der Waals surface area contributed by atoms with E-state index in [1.54, 1.807) is 0 Å². The molecule has 0 N–H and O–H groups in total. The zero-order chi connectivity index (χ0) is 17.3. The van der Waals surface area contributed by atoms with Crippen molar-refractivity contribution in [1.29, 1.82) is 0 Å². The maximum atomic E-state index is 12.6. The van der Waals surface area contributed by atoms with Crippen LogP contribution in [0.5, 0.6) is 0 Å². The quantitative estimate of drug-likeness (QED) is 0.836. The predicted octanol–water partition coefficient (Wildman–Crippen LogP) is 3.47. The van der Waals surface area contributed by atoms with E-state index in [4.69, 9.17) is 23.2 Å². The minimum absolute atomic E-state index is 0.00173. The van der Waals surface area contributed by atoms with Crippen molar-refractivity contribution in [3.8, 4) is 0 Å². The van der Waals surface area contributed by atoms with Crippen LogP contribution in [0.3, 0.4) is 0 Å². The van der Waals surface area contributed by atoms with E-state index < -0.39 is 5.56 Å². The summed E-state index contributed by atoms with van der Waals surface area (Å²) in [5, 5.41) is 4.11. The van der Waals surface area contributed by atoms with Gasteiger partial charge in [-0.15, -0.1) is 0 Å². The van der Waals surface area contributed by atoms with Gasteiger partial charge in [-0.2, -0.15) is 5.10 Å². The lowest BCUT2D eigenvalue weighted by Gasteiger charge is -2.36. The van der Waals surface area contributed by atoms with E-state index >= 15 is 0 Å². The van der Waals surface area contributed by atoms with Gasteiger partial charge < -0.3 is 4.90 Å². The molecule has 3 rings (SSSR count). The van der Waals surface area contributed by atoms with Gasteiger partial charge in [0.05, 0.1) is 23.3 Å². The van der Waals surface area contributed by atoms with Gasteiger partial charge in [0.1, 0.15) is 5.02 Å². The number of rotatable bonds is 3. The zero-order valence-corrected chi connectivity index (χ0v) is 14.7. The van der Waals surface area contributed by atoms with Gasteiger partial charge in [0, 0.05) is 13.0 Å². The molecule has 2 aromatic rings. The third-order valence-electron chi connectivity index (χ3n) is 4.43. The summed E-state index contributed by atoms with van der Waals surface area (Å²) in [6, 6.07) is 9.60. The minimum atomic E-state index is -0.452. The number of benzene rings is 1. The summed E-state index contributed by atoms with van der Waals surface area (Å²) < 4.78 is 1.27. The fourth-order valence-electron chi connectivity index (χ4n) is 3.05. The first-order valence-corrected chi connectivity index (χ1v) is 8.52. The Hall–Kier alpha value is -1.85. The molecule has 0 spiro atoms. The molecule has 7 heteroatoms. The van der Waals surface area contributed by atoms with Crippen LogP contribution in [-0.4, -0.2) is 27.1 Å². The van der Waals surface area contributed by atoms with E-state index in [9.17, 15) is 9.59 Å². The third-order valence-corrected chi connectivity index (χ3v) is 5.18. The summed E-state index contributed by atoms with van der Waals surface area (Å²) in [4.78, 5) is 26.6. The Morgan fingerprint density at radius 2 is 1.92 bits per heavy atom. The van der Waals surface area contributed by atoms with E-state index in [0.717, 1.165) is 5.56 Å². The first-order valence-electron chi connectivity index (χ1n) is 7.76. The second kappa shape index (κ2) is 6.95. The monoisotopic (exact) mass is 365 g/mol. The van der Waals surface area contributed by atoms with Crippen molar-refractivity contribution in [2.75, 3.05) is 6.54 Å². The SMILES string of the molecule is C[C@@H](c1ccccc1)N1CCC(n2ncc(Cl)c(Cl)c2=O)CC1=O. The number of hydrogen-bond acceptors (Lipinski definition) is 3. The molecule has 1 aliphatic rings. The van der Waals surface area contributed by atoms with Crippen molar-refractivity contribution >= 4 is 29.1 Å². The molecular weight excluding hydrogens is 349 g/mol. The number of hydrogen-bond donors (Lipinski definition) is 0. The number of amides is 1. The van der Waals surface area contributed by atoms with Crippen LogP contribution in [0.15, 0.2) is 41.3 Å². The van der Waals surface area contributed by atoms with E-state index in [2.05, 4.69) is 5.10 Å². The van der Waals surface area contributed by atoms with Crippen LogP contribution >= 0.6 is 23.2 Å². The normalized spacial score (nSPS) is 19.4. The van der Waals surface area contributed by atoms with Crippen molar-refractivity contribution in [2.45, 2.75) is 31.8 Å². The number of halogens is 2. The molecule has 1 aliphatic heterocycles. The fourth-order valence-corrected chi connectivity index (χ4v) is 3.31. The molecule has 24 heavy (non-hydrogen) atoms. The molecule has 0 saturated carbocycles. The Kier molecular flexibility index (Phi) is 4.92. The Morgan fingerprint density at radius 3 is 2.58 bits per heavy atom. The summed E-state index contributed by atoms with van der Waals surface area (Å²) in [6.45, 7) is 2.57. The number of nitrogens with zero attached hydrogens (tertiary/aromatic N) is 3. The number of piperidine rings is 1. The highest BCUT2D eigenvalue weighted by Crippen LogP contribution is 2.29. The average Bonchev–Trinajstić information content (AvgIpc) is 2.60. The van der Waals surface area contributed by atoms with Gasteiger partial charge in [0.2, 0.25) is 5.91 Å². The third kappa shape index (κ3) is 3.19. The molecule has 1 aromatic carbocycles. The van der Waals surface area contributed by atoms with E-state index in [0.29, 0.717) is 13.0 Å². The molecule has 1 unspecified atom stereocenters. The lowest BCUT2D eigenvalue weighted by molar-refractivity contribution is -0.137. The van der Waals surface area contributed by atoms with Gasteiger partial charge in [-0.3, -0.25) is 9.59 Å². The lowest BCUT2D eigenvalue weighted by Crippen LogP contribution is -2.43. The van der Waals surface area contributed by atoms with Crippen molar-refractivity contribution in [1.82, 2.24) is 14.7 Å². The molecule has 0 radical (unpaired) electrons. The summed E-state index contributed by atoms with van der Waals surface area (Å²) in [7, 11) is 0. The van der Waals surface area contributed by atoms with Gasteiger partial charge in [-0.1, -0.05) is 53.5 Å². The predicted molar refractivity (Wildman–Crippen MR) is 93.4 cm³/mol. The first kappa shape index (κ1) is 17.0. The Bertz CT molecular complexity index is 807. The number of carbonyl (C=O) groups is 1.